The van der Waals surface area contributed by atoms with Gasteiger partial charge in [0.15, 0.2) is 0 Å². The number of nitrogens with two attached hydrogens (primary N) is 1. The van der Waals surface area contributed by atoms with Crippen molar-refractivity contribution in [2.75, 3.05) is 11.9 Å². The molecule has 0 fully saturated rings. The molecule has 2 aromatic heterocycles. The van der Waals surface area contributed by atoms with Crippen LogP contribution in [-0.4, -0.2) is 27.5 Å². The van der Waals surface area contributed by atoms with Gasteiger partial charge in [-0.15, -0.1) is 12.4 Å². The first kappa shape index (κ1) is 23.6. The number of halogens is 3. The third-order valence-electron chi connectivity index (χ3n) is 4.84. The highest BCUT2D eigenvalue weighted by Crippen LogP contribution is 2.32. The molecule has 0 aliphatic carbocycles. The van der Waals surface area contributed by atoms with E-state index in [9.17, 15) is 4.39 Å². The average Bonchev–Trinajstić information content (AvgIpc) is 2.81. The van der Waals surface area contributed by atoms with E-state index >= 15 is 0 Å². The zero-order chi connectivity index (χ0) is 21.6. The predicted octanol–water partition coefficient (Wildman–Crippen LogP) is 5.40. The van der Waals surface area contributed by atoms with Gasteiger partial charge in [0.25, 0.3) is 0 Å². The molecule has 0 saturated carbocycles. The molecule has 4 aromatic rings. The first-order valence-corrected chi connectivity index (χ1v) is 10.2. The molecule has 0 unspecified atom stereocenters. The molecule has 0 saturated heterocycles. The molecule has 0 bridgehead atoms. The zero-order valence-electron chi connectivity index (χ0n) is 17.1. The van der Waals surface area contributed by atoms with Crippen molar-refractivity contribution in [1.29, 1.82) is 0 Å². The first-order chi connectivity index (χ1) is 15.1. The van der Waals surface area contributed by atoms with Gasteiger partial charge in [-0.05, 0) is 41.8 Å². The summed E-state index contributed by atoms with van der Waals surface area (Å²) in [6.45, 7) is 0.520. The summed E-state index contributed by atoms with van der Waals surface area (Å²) in [7, 11) is 0. The molecule has 4 rings (SSSR count). The van der Waals surface area contributed by atoms with Crippen LogP contribution in [0.15, 0.2) is 79.3 Å². The number of anilines is 1. The Bertz CT molecular complexity index is 1160. The standard InChI is InChI=1S/C24H21ClFN5.ClH/c25-21-13-18(6-7-22(21)26)20-15-30-24(31-23(20)17-8-10-28-11-9-17)29-14-19(27)12-16-4-2-1-3-5-16;/h1-11,13,15,19H,12,14,27H2,(H,29,30,31);1H/t19-;/m1./s1. The summed E-state index contributed by atoms with van der Waals surface area (Å²) >= 11 is 5.99. The van der Waals surface area contributed by atoms with Gasteiger partial charge in [0.2, 0.25) is 5.95 Å². The van der Waals surface area contributed by atoms with Crippen LogP contribution in [0, 0.1) is 5.82 Å². The van der Waals surface area contributed by atoms with Crippen molar-refractivity contribution < 1.29 is 4.39 Å². The molecule has 3 N–H and O–H groups in total. The predicted molar refractivity (Wildman–Crippen MR) is 130 cm³/mol. The lowest BCUT2D eigenvalue weighted by Crippen LogP contribution is -2.31. The Labute approximate surface area is 197 Å². The molecule has 2 aromatic carbocycles. The SMILES string of the molecule is Cl.N[C@@H](CNc1ncc(-c2ccc(F)c(Cl)c2)c(-c2ccncc2)n1)Cc1ccccc1. The minimum Gasteiger partial charge on any atom is -0.353 e. The van der Waals surface area contributed by atoms with Crippen LogP contribution in [0.3, 0.4) is 0 Å². The lowest BCUT2D eigenvalue weighted by atomic mass is 10.0. The molecular weight excluding hydrogens is 448 g/mol. The van der Waals surface area contributed by atoms with E-state index in [1.807, 2.05) is 30.3 Å². The Balaban J connectivity index is 0.00000289. The molecule has 0 spiro atoms. The van der Waals surface area contributed by atoms with Gasteiger partial charge in [-0.25, -0.2) is 14.4 Å². The van der Waals surface area contributed by atoms with E-state index in [1.165, 1.54) is 11.6 Å². The Kier molecular flexibility index (Phi) is 8.11. The molecule has 8 heteroatoms. The zero-order valence-corrected chi connectivity index (χ0v) is 18.7. The molecule has 32 heavy (non-hydrogen) atoms. The normalized spacial score (nSPS) is 11.5. The fourth-order valence-electron chi connectivity index (χ4n) is 3.28. The van der Waals surface area contributed by atoms with E-state index < -0.39 is 5.82 Å². The van der Waals surface area contributed by atoms with Crippen LogP contribution in [0.25, 0.3) is 22.4 Å². The number of rotatable bonds is 7. The van der Waals surface area contributed by atoms with Crippen LogP contribution in [-0.2, 0) is 6.42 Å². The van der Waals surface area contributed by atoms with E-state index in [0.717, 1.165) is 23.1 Å². The second kappa shape index (κ2) is 11.0. The van der Waals surface area contributed by atoms with Crippen molar-refractivity contribution in [2.24, 2.45) is 5.73 Å². The van der Waals surface area contributed by atoms with E-state index in [2.05, 4.69) is 27.4 Å². The molecule has 0 aliphatic rings. The number of nitrogens with zero attached hydrogens (tertiary/aromatic N) is 3. The van der Waals surface area contributed by atoms with Crippen LogP contribution >= 0.6 is 24.0 Å². The highest BCUT2D eigenvalue weighted by molar-refractivity contribution is 6.31. The Morgan fingerprint density at radius 1 is 1.00 bits per heavy atom. The summed E-state index contributed by atoms with van der Waals surface area (Å²) in [5, 5.41) is 3.27. The van der Waals surface area contributed by atoms with Gasteiger partial charge < -0.3 is 11.1 Å². The van der Waals surface area contributed by atoms with Crippen molar-refractivity contribution in [3.63, 3.8) is 0 Å². The largest absolute Gasteiger partial charge is 0.353 e. The van der Waals surface area contributed by atoms with Gasteiger partial charge in [-0.2, -0.15) is 0 Å². The van der Waals surface area contributed by atoms with Crippen LogP contribution in [0.1, 0.15) is 5.56 Å². The lowest BCUT2D eigenvalue weighted by Gasteiger charge is -2.15. The number of nitrogens with one attached hydrogen (secondary N) is 1. The van der Waals surface area contributed by atoms with E-state index in [0.29, 0.717) is 18.2 Å². The monoisotopic (exact) mass is 469 g/mol. The van der Waals surface area contributed by atoms with Crippen molar-refractivity contribution in [3.05, 3.63) is 95.7 Å². The second-order valence-corrected chi connectivity index (χ2v) is 7.56. The highest BCUT2D eigenvalue weighted by atomic mass is 35.5. The van der Waals surface area contributed by atoms with Crippen LogP contribution < -0.4 is 11.1 Å². The minimum atomic E-state index is -0.470. The van der Waals surface area contributed by atoms with Gasteiger partial charge in [0, 0.05) is 42.3 Å². The Morgan fingerprint density at radius 3 is 2.47 bits per heavy atom. The molecule has 0 radical (unpaired) electrons. The maximum Gasteiger partial charge on any atom is 0.223 e. The molecule has 0 aliphatic heterocycles. The van der Waals surface area contributed by atoms with Crippen LogP contribution in [0.4, 0.5) is 10.3 Å². The van der Waals surface area contributed by atoms with Crippen molar-refractivity contribution in [3.8, 4) is 22.4 Å². The maximum absolute atomic E-state index is 13.6. The topological polar surface area (TPSA) is 76.7 Å². The molecule has 0 amide bonds. The summed E-state index contributed by atoms with van der Waals surface area (Å²) in [6, 6.07) is 18.3. The first-order valence-electron chi connectivity index (χ1n) is 9.86. The summed E-state index contributed by atoms with van der Waals surface area (Å²) in [5.74, 6) is -0.00484. The number of aromatic nitrogens is 3. The molecule has 5 nitrogen and oxygen atoms in total. The second-order valence-electron chi connectivity index (χ2n) is 7.15. The molecular formula is C24H22Cl2FN5. The van der Waals surface area contributed by atoms with E-state index in [-0.39, 0.29) is 23.5 Å². The number of benzene rings is 2. The van der Waals surface area contributed by atoms with Crippen molar-refractivity contribution in [2.45, 2.75) is 12.5 Å². The third kappa shape index (κ3) is 5.79. The quantitative estimate of drug-likeness (QED) is 0.378. The van der Waals surface area contributed by atoms with Crippen LogP contribution in [0.2, 0.25) is 5.02 Å². The maximum atomic E-state index is 13.6. The summed E-state index contributed by atoms with van der Waals surface area (Å²) < 4.78 is 13.6. The van der Waals surface area contributed by atoms with E-state index in [1.54, 1.807) is 30.7 Å². The van der Waals surface area contributed by atoms with Gasteiger partial charge in [-0.3, -0.25) is 4.98 Å². The fraction of sp³-hybridized carbons (Fsp3) is 0.125. The Hall–Kier alpha value is -3.06. The fourth-order valence-corrected chi connectivity index (χ4v) is 3.46. The third-order valence-corrected chi connectivity index (χ3v) is 5.13. The summed E-state index contributed by atoms with van der Waals surface area (Å²) in [4.78, 5) is 13.2. The van der Waals surface area contributed by atoms with E-state index in [4.69, 9.17) is 22.3 Å². The average molecular weight is 470 g/mol. The lowest BCUT2D eigenvalue weighted by molar-refractivity contribution is 0.628. The smallest absolute Gasteiger partial charge is 0.223 e. The number of pyridine rings is 1. The molecule has 1 atom stereocenters. The highest BCUT2D eigenvalue weighted by Gasteiger charge is 2.14. The summed E-state index contributed by atoms with van der Waals surface area (Å²) in [5.41, 5.74) is 10.5. The van der Waals surface area contributed by atoms with Crippen LogP contribution in [0.5, 0.6) is 0 Å². The van der Waals surface area contributed by atoms with Gasteiger partial charge in [0.05, 0.1) is 10.7 Å². The molecule has 164 valence electrons. The van der Waals surface area contributed by atoms with Crippen molar-refractivity contribution >= 4 is 30.0 Å². The minimum absolute atomic E-state index is 0. The van der Waals surface area contributed by atoms with Gasteiger partial charge in [-0.1, -0.05) is 48.0 Å². The van der Waals surface area contributed by atoms with Crippen molar-refractivity contribution in [1.82, 2.24) is 15.0 Å². The number of hydrogen-bond acceptors (Lipinski definition) is 5. The summed E-state index contributed by atoms with van der Waals surface area (Å²) in [6.07, 6.45) is 5.85. The Morgan fingerprint density at radius 2 is 1.75 bits per heavy atom. The van der Waals surface area contributed by atoms with Gasteiger partial charge in [0.1, 0.15) is 5.82 Å². The van der Waals surface area contributed by atoms with Gasteiger partial charge >= 0.3 is 0 Å². The number of hydrogen-bond donors (Lipinski definition) is 2. The molecule has 2 heterocycles.